The Kier molecular flexibility index (Phi) is 6.05. The molecule has 1 fully saturated rings. The van der Waals surface area contributed by atoms with Crippen molar-refractivity contribution in [1.29, 1.82) is 0 Å². The molecule has 0 spiro atoms. The molecule has 4 rings (SSSR count). The van der Waals surface area contributed by atoms with Gasteiger partial charge in [0, 0.05) is 50.6 Å². The average Bonchev–Trinajstić information content (AvgIpc) is 3.25. The van der Waals surface area contributed by atoms with Gasteiger partial charge in [0.25, 0.3) is 5.56 Å². The Morgan fingerprint density at radius 1 is 1.21 bits per heavy atom. The summed E-state index contributed by atoms with van der Waals surface area (Å²) < 4.78 is 1.89. The number of piperidine rings is 1. The summed E-state index contributed by atoms with van der Waals surface area (Å²) in [5.74, 6) is 0.571. The highest BCUT2D eigenvalue weighted by Gasteiger charge is 2.20. The maximum Gasteiger partial charge on any atom is 0.252 e. The van der Waals surface area contributed by atoms with Crippen molar-refractivity contribution >= 4 is 5.95 Å². The van der Waals surface area contributed by atoms with E-state index in [2.05, 4.69) is 62.5 Å². The monoisotopic (exact) mass is 392 g/mol. The molecule has 1 atom stereocenters. The zero-order chi connectivity index (χ0) is 20.1. The highest BCUT2D eigenvalue weighted by molar-refractivity contribution is 5.27. The molecule has 1 aliphatic heterocycles. The molecular formula is C22H28N6O. The van der Waals surface area contributed by atoms with Crippen LogP contribution in [0.15, 0.2) is 59.7 Å². The third-order valence-electron chi connectivity index (χ3n) is 5.45. The van der Waals surface area contributed by atoms with Gasteiger partial charge in [-0.1, -0.05) is 30.3 Å². The van der Waals surface area contributed by atoms with E-state index in [4.69, 9.17) is 0 Å². The second-order valence-electron chi connectivity index (χ2n) is 7.80. The number of anilines is 1. The zero-order valence-corrected chi connectivity index (χ0v) is 16.8. The van der Waals surface area contributed by atoms with E-state index in [0.717, 1.165) is 38.2 Å². The molecule has 0 aliphatic carbocycles. The van der Waals surface area contributed by atoms with Crippen LogP contribution in [-0.4, -0.2) is 43.8 Å². The number of aromatic nitrogens is 4. The number of aromatic amines is 1. The third kappa shape index (κ3) is 5.32. The van der Waals surface area contributed by atoms with Crippen LogP contribution in [-0.2, 0) is 13.0 Å². The number of hydrogen-bond acceptors (Lipinski definition) is 5. The van der Waals surface area contributed by atoms with Crippen LogP contribution in [0.3, 0.4) is 0 Å². The first-order valence-electron chi connectivity index (χ1n) is 10.3. The summed E-state index contributed by atoms with van der Waals surface area (Å²) >= 11 is 0. The Bertz CT molecular complexity index is 945. The number of rotatable bonds is 7. The van der Waals surface area contributed by atoms with Crippen molar-refractivity contribution in [3.05, 3.63) is 76.5 Å². The lowest BCUT2D eigenvalue weighted by atomic mass is 10.0. The lowest BCUT2D eigenvalue weighted by Gasteiger charge is -2.32. The molecule has 0 unspecified atom stereocenters. The van der Waals surface area contributed by atoms with Crippen LogP contribution in [0.4, 0.5) is 5.95 Å². The summed E-state index contributed by atoms with van der Waals surface area (Å²) in [5.41, 5.74) is 2.01. The van der Waals surface area contributed by atoms with Crippen molar-refractivity contribution in [3.8, 4) is 0 Å². The van der Waals surface area contributed by atoms with Gasteiger partial charge in [0.15, 0.2) is 0 Å². The van der Waals surface area contributed by atoms with E-state index in [9.17, 15) is 4.79 Å². The molecule has 1 saturated heterocycles. The molecule has 7 heteroatoms. The van der Waals surface area contributed by atoms with Crippen molar-refractivity contribution in [2.45, 2.75) is 44.8 Å². The SMILES string of the molecule is C[C@@H](Cc1cc(=O)[nH]c(NC2CCN(Cc3ccccc3)CC2)n1)n1cccn1. The van der Waals surface area contributed by atoms with Gasteiger partial charge in [-0.05, 0) is 31.4 Å². The highest BCUT2D eigenvalue weighted by Crippen LogP contribution is 2.17. The predicted molar refractivity (Wildman–Crippen MR) is 114 cm³/mol. The smallest absolute Gasteiger partial charge is 0.252 e. The zero-order valence-electron chi connectivity index (χ0n) is 16.8. The van der Waals surface area contributed by atoms with Crippen molar-refractivity contribution in [2.24, 2.45) is 0 Å². The lowest BCUT2D eigenvalue weighted by Crippen LogP contribution is -2.39. The van der Waals surface area contributed by atoms with Gasteiger partial charge >= 0.3 is 0 Å². The van der Waals surface area contributed by atoms with Gasteiger partial charge in [0.05, 0.1) is 11.7 Å². The number of nitrogens with zero attached hydrogens (tertiary/aromatic N) is 4. The first kappa shape index (κ1) is 19.4. The molecule has 0 bridgehead atoms. The molecule has 1 aliphatic rings. The fraction of sp³-hybridized carbons (Fsp3) is 0.409. The van der Waals surface area contributed by atoms with Crippen molar-refractivity contribution in [2.75, 3.05) is 18.4 Å². The van der Waals surface area contributed by atoms with Crippen LogP contribution in [0.5, 0.6) is 0 Å². The minimum Gasteiger partial charge on any atom is -0.353 e. The van der Waals surface area contributed by atoms with Gasteiger partial charge in [-0.2, -0.15) is 5.10 Å². The van der Waals surface area contributed by atoms with Gasteiger partial charge < -0.3 is 5.32 Å². The van der Waals surface area contributed by atoms with Gasteiger partial charge in [-0.25, -0.2) is 4.98 Å². The van der Waals surface area contributed by atoms with Crippen molar-refractivity contribution in [3.63, 3.8) is 0 Å². The number of likely N-dealkylation sites (tertiary alicyclic amines) is 1. The molecule has 1 aromatic carbocycles. The quantitative estimate of drug-likeness (QED) is 0.646. The van der Waals surface area contributed by atoms with Crippen LogP contribution in [0, 0.1) is 0 Å². The Morgan fingerprint density at radius 2 is 2.00 bits per heavy atom. The summed E-state index contributed by atoms with van der Waals surface area (Å²) in [6.07, 6.45) is 6.42. The van der Waals surface area contributed by atoms with Gasteiger partial charge in [0.1, 0.15) is 0 Å². The highest BCUT2D eigenvalue weighted by atomic mass is 16.1. The maximum atomic E-state index is 12.1. The topological polar surface area (TPSA) is 78.8 Å². The molecule has 7 nitrogen and oxygen atoms in total. The van der Waals surface area contributed by atoms with Crippen molar-refractivity contribution < 1.29 is 0 Å². The molecule has 0 amide bonds. The molecule has 0 saturated carbocycles. The molecule has 2 N–H and O–H groups in total. The number of nitrogens with one attached hydrogen (secondary N) is 2. The molecule has 2 aromatic heterocycles. The largest absolute Gasteiger partial charge is 0.353 e. The number of benzene rings is 1. The van der Waals surface area contributed by atoms with Crippen LogP contribution >= 0.6 is 0 Å². The fourth-order valence-electron chi connectivity index (χ4n) is 3.89. The maximum absolute atomic E-state index is 12.1. The van der Waals surface area contributed by atoms with E-state index in [0.29, 0.717) is 18.4 Å². The van der Waals surface area contributed by atoms with E-state index in [-0.39, 0.29) is 11.6 Å². The van der Waals surface area contributed by atoms with E-state index in [1.54, 1.807) is 12.3 Å². The summed E-state index contributed by atoms with van der Waals surface area (Å²) in [5, 5.41) is 7.71. The van der Waals surface area contributed by atoms with Gasteiger partial charge in [0.2, 0.25) is 5.95 Å². The van der Waals surface area contributed by atoms with Crippen LogP contribution < -0.4 is 10.9 Å². The van der Waals surface area contributed by atoms with Gasteiger partial charge in [-0.3, -0.25) is 19.4 Å². The van der Waals surface area contributed by atoms with Crippen LogP contribution in [0.25, 0.3) is 0 Å². The normalized spacial score (nSPS) is 16.6. The third-order valence-corrected chi connectivity index (χ3v) is 5.45. The summed E-state index contributed by atoms with van der Waals surface area (Å²) in [6, 6.07) is 14.5. The number of hydrogen-bond donors (Lipinski definition) is 2. The Morgan fingerprint density at radius 3 is 2.72 bits per heavy atom. The second kappa shape index (κ2) is 9.05. The lowest BCUT2D eigenvalue weighted by molar-refractivity contribution is 0.211. The Hall–Kier alpha value is -2.93. The van der Waals surface area contributed by atoms with E-state index < -0.39 is 0 Å². The fourth-order valence-corrected chi connectivity index (χ4v) is 3.89. The second-order valence-corrected chi connectivity index (χ2v) is 7.80. The first-order valence-corrected chi connectivity index (χ1v) is 10.3. The standard InChI is InChI=1S/C22H28N6O/c1-17(28-11-5-10-23-28)14-20-15-21(29)26-22(25-20)24-19-8-12-27(13-9-19)16-18-6-3-2-4-7-18/h2-7,10-11,15,17,19H,8-9,12-14,16H2,1H3,(H2,24,25,26,29)/t17-/m0/s1. The molecule has 3 heterocycles. The molecule has 152 valence electrons. The van der Waals surface area contributed by atoms with Gasteiger partial charge in [-0.15, -0.1) is 0 Å². The summed E-state index contributed by atoms with van der Waals surface area (Å²) in [4.78, 5) is 22.1. The predicted octanol–water partition coefficient (Wildman–Crippen LogP) is 2.85. The molecule has 3 aromatic rings. The summed E-state index contributed by atoms with van der Waals surface area (Å²) in [6.45, 7) is 5.13. The summed E-state index contributed by atoms with van der Waals surface area (Å²) in [7, 11) is 0. The molecular weight excluding hydrogens is 364 g/mol. The van der Waals surface area contributed by atoms with E-state index in [1.165, 1.54) is 5.56 Å². The first-order chi connectivity index (χ1) is 14.2. The molecule has 0 radical (unpaired) electrons. The van der Waals surface area contributed by atoms with E-state index in [1.807, 2.05) is 16.9 Å². The van der Waals surface area contributed by atoms with Crippen molar-refractivity contribution in [1.82, 2.24) is 24.6 Å². The Labute approximate surface area is 170 Å². The molecule has 29 heavy (non-hydrogen) atoms. The van der Waals surface area contributed by atoms with Crippen LogP contribution in [0.1, 0.15) is 37.1 Å². The minimum absolute atomic E-state index is 0.119. The van der Waals surface area contributed by atoms with Crippen LogP contribution in [0.2, 0.25) is 0 Å². The average molecular weight is 393 g/mol. The number of H-pyrrole nitrogens is 1. The van der Waals surface area contributed by atoms with E-state index >= 15 is 0 Å². The Balaban J connectivity index is 1.33. The minimum atomic E-state index is -0.119.